The lowest BCUT2D eigenvalue weighted by Gasteiger charge is -2.01. The van der Waals surface area contributed by atoms with Crippen LogP contribution in [0.25, 0.3) is 0 Å². The van der Waals surface area contributed by atoms with Crippen LogP contribution in [0, 0.1) is 33.0 Å². The maximum atomic E-state index is 13.3. The molecule has 0 unspecified atom stereocenters. The molecule has 0 heterocycles. The van der Waals surface area contributed by atoms with Crippen LogP contribution in [0.15, 0.2) is 10.5 Å². The van der Waals surface area contributed by atoms with Gasteiger partial charge in [0, 0.05) is 5.56 Å². The smallest absolute Gasteiger partial charge is 0.258 e. The summed E-state index contributed by atoms with van der Waals surface area (Å²) < 4.78 is 13.2. The number of nitro groups is 2. The molecular weight excluding hydrogens is 275 g/mol. The van der Waals surface area contributed by atoms with Crippen LogP contribution in [0.1, 0.15) is 5.56 Å². The highest BCUT2D eigenvalue weighted by molar-refractivity contribution is 9.10. The fourth-order valence-corrected chi connectivity index (χ4v) is 1.44. The van der Waals surface area contributed by atoms with E-state index >= 15 is 0 Å². The van der Waals surface area contributed by atoms with E-state index in [1.165, 1.54) is 6.92 Å². The minimum Gasteiger partial charge on any atom is -0.258 e. The van der Waals surface area contributed by atoms with Crippen molar-refractivity contribution < 1.29 is 14.2 Å². The topological polar surface area (TPSA) is 86.3 Å². The Morgan fingerprint density at radius 3 is 2.13 bits per heavy atom. The molecule has 0 radical (unpaired) electrons. The van der Waals surface area contributed by atoms with Crippen molar-refractivity contribution in [2.45, 2.75) is 6.92 Å². The van der Waals surface area contributed by atoms with Crippen molar-refractivity contribution in [3.8, 4) is 0 Å². The molecular formula is C7H4BrFN2O4. The van der Waals surface area contributed by atoms with Crippen LogP contribution in [0.2, 0.25) is 0 Å². The zero-order chi connectivity index (χ0) is 11.7. The summed E-state index contributed by atoms with van der Waals surface area (Å²) in [6, 6.07) is 0.590. The van der Waals surface area contributed by atoms with E-state index in [0.29, 0.717) is 6.07 Å². The summed E-state index contributed by atoms with van der Waals surface area (Å²) in [4.78, 5) is 19.1. The molecule has 0 spiro atoms. The number of hydrogen-bond acceptors (Lipinski definition) is 4. The highest BCUT2D eigenvalue weighted by atomic mass is 79.9. The minimum absolute atomic E-state index is 0.0874. The molecule has 0 bridgehead atoms. The molecule has 1 aromatic carbocycles. The number of rotatable bonds is 2. The summed E-state index contributed by atoms with van der Waals surface area (Å²) in [5, 5.41) is 20.9. The second-order valence-corrected chi connectivity index (χ2v) is 3.48. The summed E-state index contributed by atoms with van der Waals surface area (Å²) in [7, 11) is 0. The molecule has 1 aromatic rings. The molecule has 0 amide bonds. The summed E-state index contributed by atoms with van der Waals surface area (Å²) in [6.07, 6.45) is 0. The van der Waals surface area contributed by atoms with Gasteiger partial charge in [0.1, 0.15) is 4.47 Å². The summed E-state index contributed by atoms with van der Waals surface area (Å²) in [6.45, 7) is 1.22. The fourth-order valence-electron chi connectivity index (χ4n) is 1.00. The van der Waals surface area contributed by atoms with Crippen molar-refractivity contribution in [3.63, 3.8) is 0 Å². The molecule has 0 fully saturated rings. The van der Waals surface area contributed by atoms with Crippen molar-refractivity contribution in [3.05, 3.63) is 42.1 Å². The van der Waals surface area contributed by atoms with Crippen LogP contribution in [-0.4, -0.2) is 9.85 Å². The Bertz CT molecular complexity index is 425. The van der Waals surface area contributed by atoms with Gasteiger partial charge in [-0.3, -0.25) is 20.2 Å². The molecule has 0 aromatic heterocycles. The number of halogens is 2. The number of hydrogen-bond donors (Lipinski definition) is 0. The van der Waals surface area contributed by atoms with Gasteiger partial charge in [-0.25, -0.2) is 0 Å². The number of benzene rings is 1. The van der Waals surface area contributed by atoms with Gasteiger partial charge in [0.15, 0.2) is 0 Å². The Morgan fingerprint density at radius 2 is 1.73 bits per heavy atom. The summed E-state index contributed by atoms with van der Waals surface area (Å²) in [5.41, 5.74) is -1.58. The molecule has 0 aliphatic carbocycles. The minimum atomic E-state index is -1.07. The monoisotopic (exact) mass is 278 g/mol. The van der Waals surface area contributed by atoms with Gasteiger partial charge < -0.3 is 0 Å². The van der Waals surface area contributed by atoms with E-state index in [2.05, 4.69) is 15.9 Å². The third-order valence-corrected chi connectivity index (χ3v) is 2.78. The highest BCUT2D eigenvalue weighted by Gasteiger charge is 2.26. The molecule has 0 aliphatic rings. The third kappa shape index (κ3) is 1.94. The Balaban J connectivity index is 3.59. The van der Waals surface area contributed by atoms with Crippen LogP contribution in [0.5, 0.6) is 0 Å². The predicted octanol–water partition coefficient (Wildman–Crippen LogP) is 2.71. The zero-order valence-electron chi connectivity index (χ0n) is 7.36. The Morgan fingerprint density at radius 1 is 1.27 bits per heavy atom. The first-order valence-electron chi connectivity index (χ1n) is 3.63. The van der Waals surface area contributed by atoms with Gasteiger partial charge in [0.25, 0.3) is 5.69 Å². The number of nitrogens with zero attached hydrogens (tertiary/aromatic N) is 2. The van der Waals surface area contributed by atoms with Gasteiger partial charge >= 0.3 is 5.69 Å². The maximum absolute atomic E-state index is 13.3. The molecule has 8 heteroatoms. The van der Waals surface area contributed by atoms with Gasteiger partial charge in [-0.05, 0) is 22.9 Å². The first kappa shape index (κ1) is 11.5. The lowest BCUT2D eigenvalue weighted by atomic mass is 10.2. The molecule has 0 aliphatic heterocycles. The van der Waals surface area contributed by atoms with Crippen molar-refractivity contribution >= 4 is 27.3 Å². The second-order valence-electron chi connectivity index (χ2n) is 2.68. The predicted molar refractivity (Wildman–Crippen MR) is 52.1 cm³/mol. The van der Waals surface area contributed by atoms with Gasteiger partial charge in [0.05, 0.1) is 15.9 Å². The largest absolute Gasteiger partial charge is 0.312 e. The first-order valence-corrected chi connectivity index (χ1v) is 4.43. The maximum Gasteiger partial charge on any atom is 0.312 e. The van der Waals surface area contributed by atoms with E-state index in [-0.39, 0.29) is 10.0 Å². The fraction of sp³-hybridized carbons (Fsp3) is 0.143. The van der Waals surface area contributed by atoms with E-state index in [9.17, 15) is 24.6 Å². The van der Waals surface area contributed by atoms with Crippen LogP contribution < -0.4 is 0 Å². The van der Waals surface area contributed by atoms with Crippen molar-refractivity contribution in [2.75, 3.05) is 0 Å². The molecule has 15 heavy (non-hydrogen) atoms. The standard InChI is InChI=1S/C7H4BrFN2O4/c1-3-6(8)4(10(12)13)2-5(7(3)9)11(14)15/h2H,1H3. The quantitative estimate of drug-likeness (QED) is 0.615. The SMILES string of the molecule is Cc1c(F)c([N+](=O)[O-])cc([N+](=O)[O-])c1Br. The highest BCUT2D eigenvalue weighted by Crippen LogP contribution is 2.35. The van der Waals surface area contributed by atoms with Gasteiger partial charge in [-0.15, -0.1) is 0 Å². The second kappa shape index (κ2) is 3.89. The molecule has 0 saturated heterocycles. The number of nitro benzene ring substituents is 2. The Labute approximate surface area is 91.1 Å². The summed E-state index contributed by atoms with van der Waals surface area (Å²) in [5.74, 6) is -1.07. The Hall–Kier alpha value is -1.57. The lowest BCUT2D eigenvalue weighted by molar-refractivity contribution is -0.396. The van der Waals surface area contributed by atoms with E-state index in [1.54, 1.807) is 0 Å². The van der Waals surface area contributed by atoms with E-state index in [4.69, 9.17) is 0 Å². The average molecular weight is 279 g/mol. The van der Waals surface area contributed by atoms with Gasteiger partial charge in [-0.2, -0.15) is 4.39 Å². The molecule has 0 saturated carbocycles. The molecule has 1 rings (SSSR count). The van der Waals surface area contributed by atoms with Crippen LogP contribution in [0.4, 0.5) is 15.8 Å². The molecule has 80 valence electrons. The molecule has 0 N–H and O–H groups in total. The summed E-state index contributed by atoms with van der Waals surface area (Å²) >= 11 is 2.81. The van der Waals surface area contributed by atoms with Gasteiger partial charge in [0.2, 0.25) is 5.82 Å². The van der Waals surface area contributed by atoms with E-state index < -0.39 is 27.0 Å². The average Bonchev–Trinajstić information content (AvgIpc) is 2.13. The van der Waals surface area contributed by atoms with Crippen molar-refractivity contribution in [1.29, 1.82) is 0 Å². The molecule has 0 atom stereocenters. The normalized spacial score (nSPS) is 10.1. The van der Waals surface area contributed by atoms with E-state index in [0.717, 1.165) is 0 Å². The Kier molecular flexibility index (Phi) is 2.98. The van der Waals surface area contributed by atoms with Crippen LogP contribution >= 0.6 is 15.9 Å². The zero-order valence-corrected chi connectivity index (χ0v) is 8.95. The van der Waals surface area contributed by atoms with Crippen LogP contribution in [-0.2, 0) is 0 Å². The lowest BCUT2D eigenvalue weighted by Crippen LogP contribution is -1.99. The first-order chi connectivity index (χ1) is 6.86. The van der Waals surface area contributed by atoms with Crippen molar-refractivity contribution in [2.24, 2.45) is 0 Å². The van der Waals surface area contributed by atoms with Gasteiger partial charge in [-0.1, -0.05) is 0 Å². The third-order valence-electron chi connectivity index (χ3n) is 1.78. The van der Waals surface area contributed by atoms with Crippen molar-refractivity contribution in [1.82, 2.24) is 0 Å². The van der Waals surface area contributed by atoms with Crippen LogP contribution in [0.3, 0.4) is 0 Å². The van der Waals surface area contributed by atoms with E-state index in [1.807, 2.05) is 0 Å². The molecule has 6 nitrogen and oxygen atoms in total.